The highest BCUT2D eigenvalue weighted by molar-refractivity contribution is 6.30. The molecule has 4 rings (SSSR count). The van der Waals surface area contributed by atoms with Crippen molar-refractivity contribution in [3.05, 3.63) is 28.8 Å². The zero-order chi connectivity index (χ0) is 23.5. The van der Waals surface area contributed by atoms with Crippen LogP contribution in [0.2, 0.25) is 5.02 Å². The topological polar surface area (TPSA) is 105 Å². The second-order valence-electron chi connectivity index (χ2n) is 9.31. The fourth-order valence-electron chi connectivity index (χ4n) is 5.49. The number of rotatable bonds is 8. The Kier molecular flexibility index (Phi) is 7.22. The molecule has 3 amide bonds. The Balaban J connectivity index is 1.42. The molecule has 0 radical (unpaired) electrons. The van der Waals surface area contributed by atoms with Crippen LogP contribution in [0.15, 0.2) is 18.2 Å². The van der Waals surface area contributed by atoms with E-state index in [0.29, 0.717) is 36.6 Å². The summed E-state index contributed by atoms with van der Waals surface area (Å²) in [6, 6.07) is 3.81. The van der Waals surface area contributed by atoms with Crippen molar-refractivity contribution in [2.24, 2.45) is 17.8 Å². The van der Waals surface area contributed by atoms with Crippen molar-refractivity contribution < 1.29 is 23.9 Å². The third-order valence-electron chi connectivity index (χ3n) is 7.16. The van der Waals surface area contributed by atoms with Gasteiger partial charge in [0, 0.05) is 24.0 Å². The summed E-state index contributed by atoms with van der Waals surface area (Å²) in [5.41, 5.74) is 0.827. The summed E-state index contributed by atoms with van der Waals surface area (Å²) in [6.07, 6.45) is 4.49. The number of nitrogens with zero attached hydrogens (tertiary/aromatic N) is 1. The Bertz CT molecular complexity index is 939. The Morgan fingerprint density at radius 1 is 1.33 bits per heavy atom. The van der Waals surface area contributed by atoms with Crippen molar-refractivity contribution >= 4 is 35.6 Å². The fraction of sp³-hybridized carbons (Fsp3) is 0.583. The van der Waals surface area contributed by atoms with Gasteiger partial charge in [-0.25, -0.2) is 0 Å². The van der Waals surface area contributed by atoms with Gasteiger partial charge in [-0.1, -0.05) is 18.0 Å². The summed E-state index contributed by atoms with van der Waals surface area (Å²) >= 11 is 5.98. The monoisotopic (exact) mass is 475 g/mol. The van der Waals surface area contributed by atoms with Crippen LogP contribution in [0.1, 0.15) is 37.7 Å². The van der Waals surface area contributed by atoms with Crippen molar-refractivity contribution in [1.29, 1.82) is 0 Å². The van der Waals surface area contributed by atoms with E-state index in [4.69, 9.17) is 16.3 Å². The summed E-state index contributed by atoms with van der Waals surface area (Å²) in [7, 11) is 0. The van der Waals surface area contributed by atoms with Gasteiger partial charge in [-0.15, -0.1) is 0 Å². The quantitative estimate of drug-likeness (QED) is 0.558. The number of fused-ring (bicyclic) bond motifs is 1. The molecule has 1 saturated carbocycles. The van der Waals surface area contributed by atoms with Gasteiger partial charge in [0.2, 0.25) is 11.8 Å². The number of benzene rings is 1. The molecule has 0 aromatic heterocycles. The van der Waals surface area contributed by atoms with E-state index in [0.717, 1.165) is 24.8 Å². The number of aryl methyl sites for hydroxylation is 1. The maximum atomic E-state index is 13.3. The zero-order valence-electron chi connectivity index (χ0n) is 18.7. The predicted molar refractivity (Wildman–Crippen MR) is 122 cm³/mol. The van der Waals surface area contributed by atoms with Crippen molar-refractivity contribution in [2.75, 3.05) is 19.7 Å². The first kappa shape index (κ1) is 23.5. The molecule has 2 N–H and O–H groups in total. The van der Waals surface area contributed by atoms with Crippen molar-refractivity contribution in [2.45, 2.75) is 51.1 Å². The minimum Gasteiger partial charge on any atom is -0.483 e. The molecule has 1 aliphatic carbocycles. The van der Waals surface area contributed by atoms with Crippen LogP contribution in [-0.2, 0) is 19.2 Å². The second kappa shape index (κ2) is 10.1. The third-order valence-corrected chi connectivity index (χ3v) is 7.40. The molecule has 8 nitrogen and oxygen atoms in total. The molecule has 33 heavy (non-hydrogen) atoms. The van der Waals surface area contributed by atoms with Gasteiger partial charge < -0.3 is 25.1 Å². The normalized spacial score (nSPS) is 27.1. The van der Waals surface area contributed by atoms with Crippen molar-refractivity contribution in [3.63, 3.8) is 0 Å². The molecule has 2 saturated heterocycles. The smallest absolute Gasteiger partial charge is 0.261 e. The van der Waals surface area contributed by atoms with E-state index in [-0.39, 0.29) is 48.5 Å². The number of ether oxygens (including phenoxy) is 1. The van der Waals surface area contributed by atoms with Crippen LogP contribution in [0, 0.1) is 24.7 Å². The highest BCUT2D eigenvalue weighted by Gasteiger charge is 2.49. The highest BCUT2D eigenvalue weighted by Crippen LogP contribution is 2.42. The van der Waals surface area contributed by atoms with E-state index < -0.39 is 12.1 Å². The molecule has 2 aliphatic heterocycles. The van der Waals surface area contributed by atoms with E-state index in [1.54, 1.807) is 23.1 Å². The third kappa shape index (κ3) is 5.16. The fourth-order valence-corrected chi connectivity index (χ4v) is 5.72. The van der Waals surface area contributed by atoms with Gasteiger partial charge in [-0.3, -0.25) is 14.4 Å². The summed E-state index contributed by atoms with van der Waals surface area (Å²) in [5.74, 6) is -0.0152. The van der Waals surface area contributed by atoms with Gasteiger partial charge >= 0.3 is 0 Å². The summed E-state index contributed by atoms with van der Waals surface area (Å²) < 4.78 is 5.74. The lowest BCUT2D eigenvalue weighted by Gasteiger charge is -2.28. The van der Waals surface area contributed by atoms with Gasteiger partial charge in [-0.2, -0.15) is 0 Å². The molecule has 9 heteroatoms. The summed E-state index contributed by atoms with van der Waals surface area (Å²) in [4.78, 5) is 51.5. The number of carbonyl (C=O) groups is 4. The van der Waals surface area contributed by atoms with Gasteiger partial charge in [0.25, 0.3) is 5.91 Å². The first-order valence-corrected chi connectivity index (χ1v) is 12.0. The molecule has 1 aromatic rings. The van der Waals surface area contributed by atoms with Crippen molar-refractivity contribution in [3.8, 4) is 5.75 Å². The van der Waals surface area contributed by atoms with Crippen LogP contribution in [0.4, 0.5) is 0 Å². The Morgan fingerprint density at radius 3 is 2.85 bits per heavy atom. The molecule has 3 aliphatic rings. The van der Waals surface area contributed by atoms with Crippen LogP contribution < -0.4 is 15.4 Å². The summed E-state index contributed by atoms with van der Waals surface area (Å²) in [6.45, 7) is 2.78. The lowest BCUT2D eigenvalue weighted by atomic mass is 9.92. The molecule has 5 atom stereocenters. The number of likely N-dealkylation sites (tertiary alicyclic amines) is 1. The number of hydrogen-bond acceptors (Lipinski definition) is 5. The van der Waals surface area contributed by atoms with Crippen LogP contribution in [0.25, 0.3) is 0 Å². The van der Waals surface area contributed by atoms with Gasteiger partial charge in [0.15, 0.2) is 6.61 Å². The van der Waals surface area contributed by atoms with Gasteiger partial charge in [0.1, 0.15) is 18.1 Å². The Morgan fingerprint density at radius 2 is 2.15 bits per heavy atom. The lowest BCUT2D eigenvalue weighted by molar-refractivity contribution is -0.141. The predicted octanol–water partition coefficient (Wildman–Crippen LogP) is 1.86. The van der Waals surface area contributed by atoms with E-state index in [9.17, 15) is 19.2 Å². The minimum atomic E-state index is -0.753. The summed E-state index contributed by atoms with van der Waals surface area (Å²) in [5, 5.41) is 6.15. The standard InChI is InChI=1S/C24H30ClN3O5/c1-14-9-17(25)5-6-20(14)33-13-21(30)28-11-16-3-2-4-19(16)22(28)24(32)27-18(12-29)10-15-7-8-26-23(15)31/h5-6,9,12,15-16,18-19,22H,2-4,7-8,10-11,13H2,1H3,(H,26,31)(H,27,32)/t15-,16-,18-,19+,22?/m0/s1. The van der Waals surface area contributed by atoms with Crippen LogP contribution in [0.3, 0.4) is 0 Å². The maximum Gasteiger partial charge on any atom is 0.261 e. The molecule has 0 bridgehead atoms. The minimum absolute atomic E-state index is 0.0771. The number of hydrogen-bond donors (Lipinski definition) is 2. The molecule has 2 heterocycles. The number of halogens is 1. The van der Waals surface area contributed by atoms with Crippen LogP contribution in [0.5, 0.6) is 5.75 Å². The van der Waals surface area contributed by atoms with Gasteiger partial charge in [-0.05, 0) is 68.2 Å². The van der Waals surface area contributed by atoms with E-state index >= 15 is 0 Å². The van der Waals surface area contributed by atoms with Crippen LogP contribution in [-0.4, -0.2) is 60.7 Å². The number of aldehydes is 1. The SMILES string of the molecule is Cc1cc(Cl)ccc1OCC(=O)N1C[C@@H]2CCC[C@H]2C1C(=O)N[C@H](C=O)C[C@@H]1CCNC1=O. The zero-order valence-corrected chi connectivity index (χ0v) is 19.5. The van der Waals surface area contributed by atoms with Crippen LogP contribution >= 0.6 is 11.6 Å². The van der Waals surface area contributed by atoms with Gasteiger partial charge in [0.05, 0.1) is 6.04 Å². The number of amides is 3. The highest BCUT2D eigenvalue weighted by atomic mass is 35.5. The first-order chi connectivity index (χ1) is 15.9. The first-order valence-electron chi connectivity index (χ1n) is 11.6. The average Bonchev–Trinajstić information content (AvgIpc) is 3.48. The molecule has 1 aromatic carbocycles. The second-order valence-corrected chi connectivity index (χ2v) is 9.74. The number of nitrogens with one attached hydrogen (secondary N) is 2. The Labute approximate surface area is 198 Å². The molecular formula is C24H30ClN3O5. The average molecular weight is 476 g/mol. The molecule has 3 fully saturated rings. The number of carbonyl (C=O) groups excluding carboxylic acids is 4. The van der Waals surface area contributed by atoms with Crippen molar-refractivity contribution in [1.82, 2.24) is 15.5 Å². The van der Waals surface area contributed by atoms with E-state index in [1.807, 2.05) is 6.92 Å². The van der Waals surface area contributed by atoms with E-state index in [2.05, 4.69) is 10.6 Å². The molecule has 1 unspecified atom stereocenters. The molecule has 178 valence electrons. The molecular weight excluding hydrogens is 446 g/mol. The molecule has 0 spiro atoms. The Hall–Kier alpha value is -2.61. The van der Waals surface area contributed by atoms with E-state index in [1.165, 1.54) is 0 Å². The maximum absolute atomic E-state index is 13.3. The lowest BCUT2D eigenvalue weighted by Crippen LogP contribution is -2.52. The largest absolute Gasteiger partial charge is 0.483 e.